The summed E-state index contributed by atoms with van der Waals surface area (Å²) in [5.74, 6) is -1.70. The van der Waals surface area contributed by atoms with Crippen molar-refractivity contribution >= 4 is 35.0 Å². The molecule has 3 amide bonds. The first-order valence-corrected chi connectivity index (χ1v) is 7.76. The van der Waals surface area contributed by atoms with Gasteiger partial charge in [0.2, 0.25) is 17.7 Å². The molecule has 0 aliphatic carbocycles. The number of hydrogen-bond acceptors (Lipinski definition) is 3. The molecular formula is C16H17ClFN3O3. The van der Waals surface area contributed by atoms with Gasteiger partial charge < -0.3 is 15.5 Å². The fraction of sp³-hybridized carbons (Fsp3) is 0.312. The van der Waals surface area contributed by atoms with Gasteiger partial charge in [0.1, 0.15) is 11.9 Å². The van der Waals surface area contributed by atoms with E-state index in [4.69, 9.17) is 11.6 Å². The van der Waals surface area contributed by atoms with Gasteiger partial charge in [-0.1, -0.05) is 18.2 Å². The van der Waals surface area contributed by atoms with Crippen LogP contribution in [0.5, 0.6) is 0 Å². The number of hydrogen-bond donors (Lipinski definition) is 2. The van der Waals surface area contributed by atoms with Crippen molar-refractivity contribution in [3.63, 3.8) is 0 Å². The fourth-order valence-corrected chi connectivity index (χ4v) is 2.55. The summed E-state index contributed by atoms with van der Waals surface area (Å²) in [6.07, 6.45) is 1.53. The van der Waals surface area contributed by atoms with Gasteiger partial charge in [-0.3, -0.25) is 14.4 Å². The van der Waals surface area contributed by atoms with Crippen LogP contribution in [0.2, 0.25) is 5.02 Å². The number of carbonyl (C=O) groups is 3. The third-order valence-electron chi connectivity index (χ3n) is 3.58. The van der Waals surface area contributed by atoms with Crippen molar-refractivity contribution in [1.29, 1.82) is 0 Å². The van der Waals surface area contributed by atoms with Crippen LogP contribution in [0.25, 0.3) is 0 Å². The monoisotopic (exact) mass is 353 g/mol. The molecule has 2 N–H and O–H groups in total. The van der Waals surface area contributed by atoms with Crippen LogP contribution >= 0.6 is 11.6 Å². The van der Waals surface area contributed by atoms with Gasteiger partial charge >= 0.3 is 0 Å². The zero-order valence-electron chi connectivity index (χ0n) is 12.9. The van der Waals surface area contributed by atoms with Gasteiger partial charge in [0.15, 0.2) is 0 Å². The SMILES string of the molecule is C=CC(=O)NCCC(=O)NC1CCN(c2ccc(Cl)cc2F)C1=O. The maximum atomic E-state index is 13.9. The van der Waals surface area contributed by atoms with Crippen LogP contribution in [0.15, 0.2) is 30.9 Å². The molecule has 0 radical (unpaired) electrons. The highest BCUT2D eigenvalue weighted by Gasteiger charge is 2.34. The summed E-state index contributed by atoms with van der Waals surface area (Å²) in [6, 6.07) is 3.37. The van der Waals surface area contributed by atoms with Gasteiger partial charge in [0, 0.05) is 24.5 Å². The van der Waals surface area contributed by atoms with Crippen LogP contribution in [0.4, 0.5) is 10.1 Å². The Morgan fingerprint density at radius 1 is 1.46 bits per heavy atom. The van der Waals surface area contributed by atoms with Crippen molar-refractivity contribution in [2.24, 2.45) is 0 Å². The van der Waals surface area contributed by atoms with E-state index in [-0.39, 0.29) is 41.4 Å². The molecule has 1 aliphatic heterocycles. The summed E-state index contributed by atoms with van der Waals surface area (Å²) in [5.41, 5.74) is 0.138. The number of anilines is 1. The van der Waals surface area contributed by atoms with Crippen LogP contribution in [0.3, 0.4) is 0 Å². The van der Waals surface area contributed by atoms with Crippen LogP contribution in [0, 0.1) is 5.82 Å². The lowest BCUT2D eigenvalue weighted by atomic mass is 10.2. The Balaban J connectivity index is 1.90. The van der Waals surface area contributed by atoms with Crippen molar-refractivity contribution in [1.82, 2.24) is 10.6 Å². The molecule has 0 saturated carbocycles. The Morgan fingerprint density at radius 3 is 2.88 bits per heavy atom. The predicted octanol–water partition coefficient (Wildman–Crippen LogP) is 1.39. The van der Waals surface area contributed by atoms with E-state index < -0.39 is 11.9 Å². The molecule has 8 heteroatoms. The topological polar surface area (TPSA) is 78.5 Å². The number of rotatable bonds is 6. The summed E-state index contributed by atoms with van der Waals surface area (Å²) in [4.78, 5) is 36.4. The number of nitrogens with one attached hydrogen (secondary N) is 2. The Kier molecular flexibility index (Phi) is 5.92. The average Bonchev–Trinajstić information content (AvgIpc) is 2.88. The molecular weight excluding hydrogens is 337 g/mol. The zero-order chi connectivity index (χ0) is 17.7. The number of halogens is 2. The first-order chi connectivity index (χ1) is 11.4. The summed E-state index contributed by atoms with van der Waals surface area (Å²) in [7, 11) is 0. The van der Waals surface area contributed by atoms with Crippen LogP contribution in [-0.4, -0.2) is 36.9 Å². The van der Waals surface area contributed by atoms with Crippen LogP contribution in [-0.2, 0) is 14.4 Å². The highest BCUT2D eigenvalue weighted by molar-refractivity contribution is 6.30. The van der Waals surface area contributed by atoms with E-state index in [1.54, 1.807) is 0 Å². The van der Waals surface area contributed by atoms with Crippen molar-refractivity contribution in [2.75, 3.05) is 18.0 Å². The normalized spacial score (nSPS) is 16.8. The molecule has 1 atom stereocenters. The zero-order valence-corrected chi connectivity index (χ0v) is 13.6. The van der Waals surface area contributed by atoms with E-state index in [2.05, 4.69) is 17.2 Å². The summed E-state index contributed by atoms with van der Waals surface area (Å²) in [5, 5.41) is 5.31. The fourth-order valence-electron chi connectivity index (χ4n) is 2.39. The second kappa shape index (κ2) is 7.92. The molecule has 0 aromatic heterocycles. The van der Waals surface area contributed by atoms with Crippen LogP contribution in [0.1, 0.15) is 12.8 Å². The molecule has 24 heavy (non-hydrogen) atoms. The van der Waals surface area contributed by atoms with E-state index >= 15 is 0 Å². The molecule has 1 fully saturated rings. The first-order valence-electron chi connectivity index (χ1n) is 7.38. The van der Waals surface area contributed by atoms with Crippen molar-refractivity contribution < 1.29 is 18.8 Å². The minimum Gasteiger partial charge on any atom is -0.352 e. The van der Waals surface area contributed by atoms with E-state index in [0.29, 0.717) is 13.0 Å². The molecule has 128 valence electrons. The van der Waals surface area contributed by atoms with E-state index in [1.165, 1.54) is 17.0 Å². The Hall–Kier alpha value is -2.41. The third-order valence-corrected chi connectivity index (χ3v) is 3.81. The van der Waals surface area contributed by atoms with E-state index in [0.717, 1.165) is 12.1 Å². The quantitative estimate of drug-likeness (QED) is 0.759. The van der Waals surface area contributed by atoms with Gasteiger partial charge in [0.05, 0.1) is 5.69 Å². The second-order valence-electron chi connectivity index (χ2n) is 5.24. The summed E-state index contributed by atoms with van der Waals surface area (Å²) < 4.78 is 13.9. The highest BCUT2D eigenvalue weighted by atomic mass is 35.5. The van der Waals surface area contributed by atoms with Crippen molar-refractivity contribution in [3.05, 3.63) is 41.7 Å². The first kappa shape index (κ1) is 17.9. The molecule has 0 bridgehead atoms. The Morgan fingerprint density at radius 2 is 2.21 bits per heavy atom. The lowest BCUT2D eigenvalue weighted by Crippen LogP contribution is -2.42. The molecule has 1 aromatic rings. The van der Waals surface area contributed by atoms with Gasteiger partial charge in [-0.15, -0.1) is 0 Å². The lowest BCUT2D eigenvalue weighted by Gasteiger charge is -2.18. The second-order valence-corrected chi connectivity index (χ2v) is 5.68. The van der Waals surface area contributed by atoms with Crippen LogP contribution < -0.4 is 15.5 Å². The maximum Gasteiger partial charge on any atom is 0.249 e. The molecule has 1 aliphatic rings. The third kappa shape index (κ3) is 4.32. The van der Waals surface area contributed by atoms with Gasteiger partial charge in [-0.2, -0.15) is 0 Å². The highest BCUT2D eigenvalue weighted by Crippen LogP contribution is 2.26. The van der Waals surface area contributed by atoms with Crippen molar-refractivity contribution in [2.45, 2.75) is 18.9 Å². The predicted molar refractivity (Wildman–Crippen MR) is 88.1 cm³/mol. The molecule has 2 rings (SSSR count). The van der Waals surface area contributed by atoms with Gasteiger partial charge in [-0.25, -0.2) is 4.39 Å². The number of carbonyl (C=O) groups excluding carboxylic acids is 3. The standard InChI is InChI=1S/C16H17ClFN3O3/c1-2-14(22)19-7-5-15(23)20-12-6-8-21(16(12)24)13-4-3-10(17)9-11(13)18/h2-4,9,12H,1,5-8H2,(H,19,22)(H,20,23). The summed E-state index contributed by atoms with van der Waals surface area (Å²) >= 11 is 5.70. The number of amides is 3. The number of benzene rings is 1. The maximum absolute atomic E-state index is 13.9. The largest absolute Gasteiger partial charge is 0.352 e. The molecule has 1 saturated heterocycles. The van der Waals surface area contributed by atoms with Crippen molar-refractivity contribution in [3.8, 4) is 0 Å². The molecule has 0 spiro atoms. The molecule has 1 heterocycles. The van der Waals surface area contributed by atoms with Gasteiger partial charge in [0.25, 0.3) is 0 Å². The Bertz CT molecular complexity index is 681. The van der Waals surface area contributed by atoms with E-state index in [9.17, 15) is 18.8 Å². The minimum absolute atomic E-state index is 0.0403. The molecule has 1 unspecified atom stereocenters. The average molecular weight is 354 g/mol. The minimum atomic E-state index is -0.706. The molecule has 6 nitrogen and oxygen atoms in total. The Labute approximate surface area is 143 Å². The van der Waals surface area contributed by atoms with Gasteiger partial charge in [-0.05, 0) is 30.7 Å². The summed E-state index contributed by atoms with van der Waals surface area (Å²) in [6.45, 7) is 3.75. The number of nitrogens with zero attached hydrogens (tertiary/aromatic N) is 1. The van der Waals surface area contributed by atoms with E-state index in [1.807, 2.05) is 0 Å². The lowest BCUT2D eigenvalue weighted by molar-refractivity contribution is -0.126. The smallest absolute Gasteiger partial charge is 0.249 e. The molecule has 1 aromatic carbocycles.